The number of ether oxygens (including phenoxy) is 1. The Hall–Kier alpha value is -3.44. The number of rotatable bonds is 6. The van der Waals surface area contributed by atoms with Crippen molar-refractivity contribution in [3.63, 3.8) is 0 Å². The highest BCUT2D eigenvalue weighted by molar-refractivity contribution is 6.11. The van der Waals surface area contributed by atoms with Gasteiger partial charge in [-0.15, -0.1) is 0 Å². The summed E-state index contributed by atoms with van der Waals surface area (Å²) in [7, 11) is 0. The number of pyridine rings is 1. The van der Waals surface area contributed by atoms with Crippen LogP contribution in [0, 0.1) is 26.7 Å². The summed E-state index contributed by atoms with van der Waals surface area (Å²) in [6.07, 6.45) is 1.03. The fourth-order valence-corrected chi connectivity index (χ4v) is 5.55. The second-order valence-electron chi connectivity index (χ2n) is 11.5. The Morgan fingerprint density at radius 1 is 1.00 bits per heavy atom. The van der Waals surface area contributed by atoms with E-state index in [0.29, 0.717) is 23.4 Å². The number of fused-ring (bicyclic) bond motifs is 3. The van der Waals surface area contributed by atoms with Crippen molar-refractivity contribution in [3.8, 4) is 11.1 Å². The molecule has 1 aliphatic rings. The Morgan fingerprint density at radius 3 is 2.19 bits per heavy atom. The monoisotopic (exact) mass is 497 g/mol. The summed E-state index contributed by atoms with van der Waals surface area (Å²) in [5.74, 6) is -0.565. The predicted molar refractivity (Wildman–Crippen MR) is 149 cm³/mol. The van der Waals surface area contributed by atoms with E-state index in [4.69, 9.17) is 4.74 Å². The van der Waals surface area contributed by atoms with Crippen molar-refractivity contribution in [1.82, 2.24) is 4.57 Å². The maximum Gasteiger partial charge on any atom is 0.337 e. The first-order valence-corrected chi connectivity index (χ1v) is 13.0. The molecular weight excluding hydrogens is 462 g/mol. The van der Waals surface area contributed by atoms with Crippen molar-refractivity contribution in [2.75, 3.05) is 0 Å². The number of hydrogen-bond donors (Lipinski definition) is 1. The van der Waals surface area contributed by atoms with E-state index in [0.717, 1.165) is 56.9 Å². The van der Waals surface area contributed by atoms with E-state index in [9.17, 15) is 14.7 Å². The number of aliphatic carboxylic acids is 1. The zero-order chi connectivity index (χ0) is 26.6. The molecule has 0 amide bonds. The van der Waals surface area contributed by atoms with Crippen LogP contribution in [0.1, 0.15) is 62.0 Å². The van der Waals surface area contributed by atoms with Crippen molar-refractivity contribution in [1.29, 1.82) is 0 Å². The maximum absolute atomic E-state index is 13.8. The molecule has 0 spiro atoms. The minimum absolute atomic E-state index is 0.0184. The first-order chi connectivity index (χ1) is 17.5. The van der Waals surface area contributed by atoms with Gasteiger partial charge in [0.1, 0.15) is 0 Å². The van der Waals surface area contributed by atoms with E-state index in [2.05, 4.69) is 6.92 Å². The summed E-state index contributed by atoms with van der Waals surface area (Å²) < 4.78 is 8.12. The van der Waals surface area contributed by atoms with Crippen LogP contribution < -0.4 is 5.56 Å². The second-order valence-corrected chi connectivity index (χ2v) is 11.5. The molecule has 192 valence electrons. The van der Waals surface area contributed by atoms with E-state index < -0.39 is 17.7 Å². The first kappa shape index (κ1) is 25.2. The quantitative estimate of drug-likeness (QED) is 0.289. The highest BCUT2D eigenvalue weighted by atomic mass is 16.5. The van der Waals surface area contributed by atoms with E-state index >= 15 is 0 Å². The third-order valence-electron chi connectivity index (χ3n) is 7.39. The van der Waals surface area contributed by atoms with Crippen LogP contribution in [0.15, 0.2) is 53.3 Å². The summed E-state index contributed by atoms with van der Waals surface area (Å²) in [6, 6.07) is 16.0. The maximum atomic E-state index is 13.8. The lowest BCUT2D eigenvalue weighted by atomic mass is 9.84. The van der Waals surface area contributed by atoms with Crippen molar-refractivity contribution < 1.29 is 14.6 Å². The average molecular weight is 498 g/mol. The van der Waals surface area contributed by atoms with Gasteiger partial charge < -0.3 is 14.4 Å². The van der Waals surface area contributed by atoms with Gasteiger partial charge in [0.05, 0.1) is 11.1 Å². The Morgan fingerprint density at radius 2 is 1.62 bits per heavy atom. The Kier molecular flexibility index (Phi) is 6.23. The van der Waals surface area contributed by atoms with Crippen LogP contribution in [0.3, 0.4) is 0 Å². The standard InChI is InChI=1S/C32H35NO4/c1-18-11-15-22(16-12-18)25-19(2)26-23-9-7-8-10-24(23)30(34)33(17-21-13-14-21)28(26)20(3)27(25)29(31(35)36)37-32(4,5)6/h7-12,15-16,21,29H,13-14,17H2,1-6H3,(H,35,36)/t29-/m0/s1. The van der Waals surface area contributed by atoms with Gasteiger partial charge in [-0.2, -0.15) is 0 Å². The van der Waals surface area contributed by atoms with E-state index in [1.807, 2.05) is 87.7 Å². The van der Waals surface area contributed by atoms with Crippen LogP contribution in [0.2, 0.25) is 0 Å². The van der Waals surface area contributed by atoms with Crippen LogP contribution in [-0.2, 0) is 16.1 Å². The van der Waals surface area contributed by atoms with Crippen LogP contribution >= 0.6 is 0 Å². The number of carboxylic acids is 1. The predicted octanol–water partition coefficient (Wildman–Crippen LogP) is 7.10. The molecule has 0 saturated heterocycles. The van der Waals surface area contributed by atoms with E-state index in [1.54, 1.807) is 0 Å². The minimum atomic E-state index is -1.18. The van der Waals surface area contributed by atoms with E-state index in [-0.39, 0.29) is 5.56 Å². The van der Waals surface area contributed by atoms with Gasteiger partial charge in [0.25, 0.3) is 5.56 Å². The molecule has 0 radical (unpaired) electrons. The number of nitrogens with zero attached hydrogens (tertiary/aromatic N) is 1. The number of carbonyl (C=O) groups is 1. The largest absolute Gasteiger partial charge is 0.479 e. The van der Waals surface area contributed by atoms with Gasteiger partial charge in [-0.1, -0.05) is 48.0 Å². The molecule has 1 N–H and O–H groups in total. The molecule has 0 bridgehead atoms. The molecule has 1 aromatic heterocycles. The van der Waals surface area contributed by atoms with E-state index in [1.165, 1.54) is 0 Å². The zero-order valence-electron chi connectivity index (χ0n) is 22.5. The molecule has 1 saturated carbocycles. The lowest BCUT2D eigenvalue weighted by molar-refractivity contribution is -0.160. The molecule has 37 heavy (non-hydrogen) atoms. The molecule has 5 heteroatoms. The molecule has 1 aliphatic carbocycles. The molecular formula is C32H35NO4. The number of benzene rings is 3. The third kappa shape index (κ3) is 4.57. The third-order valence-corrected chi connectivity index (χ3v) is 7.39. The summed E-state index contributed by atoms with van der Waals surface area (Å²) in [5.41, 5.74) is 5.43. The van der Waals surface area contributed by atoms with Gasteiger partial charge in [0.2, 0.25) is 0 Å². The molecule has 5 rings (SSSR count). The zero-order valence-corrected chi connectivity index (χ0v) is 22.5. The van der Waals surface area contributed by atoms with Gasteiger partial charge in [0.15, 0.2) is 6.10 Å². The highest BCUT2D eigenvalue weighted by Crippen LogP contribution is 2.44. The number of aromatic nitrogens is 1. The van der Waals surface area contributed by atoms with Crippen LogP contribution in [0.4, 0.5) is 0 Å². The van der Waals surface area contributed by atoms with Gasteiger partial charge >= 0.3 is 5.97 Å². The molecule has 5 nitrogen and oxygen atoms in total. The van der Waals surface area contributed by atoms with Crippen molar-refractivity contribution in [2.24, 2.45) is 5.92 Å². The summed E-state index contributed by atoms with van der Waals surface area (Å²) in [4.78, 5) is 26.6. The van der Waals surface area contributed by atoms with Gasteiger partial charge in [-0.05, 0) is 94.0 Å². The lowest BCUT2D eigenvalue weighted by Crippen LogP contribution is -2.29. The molecule has 4 aromatic rings. The topological polar surface area (TPSA) is 68.5 Å². The normalized spacial score (nSPS) is 14.9. The molecule has 0 aliphatic heterocycles. The summed E-state index contributed by atoms with van der Waals surface area (Å²) in [5, 5.41) is 13.1. The SMILES string of the molecule is Cc1ccc(-c2c([C@H](OC(C)(C)C)C(=O)O)c(C)c3c(c2C)c2ccccc2c(=O)n3CC2CC2)cc1. The molecule has 1 heterocycles. The average Bonchev–Trinajstić information content (AvgIpc) is 3.66. The smallest absolute Gasteiger partial charge is 0.337 e. The summed E-state index contributed by atoms with van der Waals surface area (Å²) in [6.45, 7) is 12.3. The minimum Gasteiger partial charge on any atom is -0.479 e. The van der Waals surface area contributed by atoms with Gasteiger partial charge in [0, 0.05) is 22.9 Å². The summed E-state index contributed by atoms with van der Waals surface area (Å²) >= 11 is 0. The Labute approximate surface area is 217 Å². The van der Waals surface area contributed by atoms with Gasteiger partial charge in [-0.3, -0.25) is 4.79 Å². The Balaban J connectivity index is 2.00. The van der Waals surface area contributed by atoms with Crippen molar-refractivity contribution >= 4 is 27.6 Å². The molecule has 1 atom stereocenters. The van der Waals surface area contributed by atoms with Gasteiger partial charge in [-0.25, -0.2) is 4.79 Å². The van der Waals surface area contributed by atoms with Crippen LogP contribution in [-0.4, -0.2) is 21.2 Å². The van der Waals surface area contributed by atoms with Crippen LogP contribution in [0.5, 0.6) is 0 Å². The van der Waals surface area contributed by atoms with Crippen LogP contribution in [0.25, 0.3) is 32.8 Å². The molecule has 3 aromatic carbocycles. The highest BCUT2D eigenvalue weighted by Gasteiger charge is 2.34. The fourth-order valence-electron chi connectivity index (χ4n) is 5.55. The molecule has 1 fully saturated rings. The number of hydrogen-bond acceptors (Lipinski definition) is 3. The molecule has 0 unspecified atom stereocenters. The fraction of sp³-hybridized carbons (Fsp3) is 0.375. The number of carboxylic acid groups (broad SMARTS) is 1. The Bertz CT molecular complexity index is 1580. The first-order valence-electron chi connectivity index (χ1n) is 13.0. The second kappa shape index (κ2) is 9.14. The number of aryl methyl sites for hydroxylation is 3. The lowest BCUT2D eigenvalue weighted by Gasteiger charge is -2.30. The van der Waals surface area contributed by atoms with Crippen molar-refractivity contribution in [2.45, 2.75) is 72.6 Å². The van der Waals surface area contributed by atoms with Crippen molar-refractivity contribution in [3.05, 3.63) is 81.1 Å².